The molecule has 3 aromatic rings. The van der Waals surface area contributed by atoms with Crippen molar-refractivity contribution in [2.75, 3.05) is 21.3 Å². The SMILES string of the molecule is COC(=O)C1Cc2c([nH]c3ccccc23)C(c2cc(OC)c(C(C)(C)C)cc2OC)N1. The van der Waals surface area contributed by atoms with Crippen LogP contribution in [0.1, 0.15) is 49.2 Å². The predicted octanol–water partition coefficient (Wildman–Crippen LogP) is 4.26. The zero-order valence-electron chi connectivity index (χ0n) is 19.0. The van der Waals surface area contributed by atoms with Gasteiger partial charge in [0.1, 0.15) is 17.5 Å². The van der Waals surface area contributed by atoms with E-state index in [0.717, 1.165) is 44.8 Å². The predicted molar refractivity (Wildman–Crippen MR) is 121 cm³/mol. The number of esters is 1. The minimum Gasteiger partial charge on any atom is -0.496 e. The summed E-state index contributed by atoms with van der Waals surface area (Å²) in [5.41, 5.74) is 5.06. The van der Waals surface area contributed by atoms with Crippen molar-refractivity contribution in [1.82, 2.24) is 10.3 Å². The van der Waals surface area contributed by atoms with Gasteiger partial charge in [0.2, 0.25) is 0 Å². The van der Waals surface area contributed by atoms with E-state index in [0.29, 0.717) is 6.42 Å². The molecule has 6 nitrogen and oxygen atoms in total. The van der Waals surface area contributed by atoms with Crippen LogP contribution in [0, 0.1) is 0 Å². The Hall–Kier alpha value is -2.99. The van der Waals surface area contributed by atoms with Crippen molar-refractivity contribution in [2.24, 2.45) is 0 Å². The molecule has 0 bridgehead atoms. The number of carbonyl (C=O) groups excluding carboxylic acids is 1. The number of methoxy groups -OCH3 is 3. The summed E-state index contributed by atoms with van der Waals surface area (Å²) in [5.74, 6) is 1.26. The van der Waals surface area contributed by atoms with Crippen LogP contribution < -0.4 is 14.8 Å². The molecule has 2 N–H and O–H groups in total. The third-order valence-corrected chi connectivity index (χ3v) is 6.07. The zero-order valence-corrected chi connectivity index (χ0v) is 19.0. The third-order valence-electron chi connectivity index (χ3n) is 6.07. The van der Waals surface area contributed by atoms with E-state index in [4.69, 9.17) is 14.2 Å². The van der Waals surface area contributed by atoms with Gasteiger partial charge in [0.15, 0.2) is 0 Å². The zero-order chi connectivity index (χ0) is 22.3. The van der Waals surface area contributed by atoms with Gasteiger partial charge in [-0.1, -0.05) is 39.0 Å². The van der Waals surface area contributed by atoms with Gasteiger partial charge in [-0.15, -0.1) is 0 Å². The van der Waals surface area contributed by atoms with Crippen molar-refractivity contribution in [1.29, 1.82) is 0 Å². The minimum absolute atomic E-state index is 0.113. The van der Waals surface area contributed by atoms with Gasteiger partial charge >= 0.3 is 5.97 Å². The summed E-state index contributed by atoms with van der Waals surface area (Å²) in [4.78, 5) is 16.1. The Bertz CT molecular complexity index is 1130. The fraction of sp³-hybridized carbons (Fsp3) is 0.400. The molecule has 31 heavy (non-hydrogen) atoms. The standard InChI is InChI=1S/C25H30N2O4/c1-25(2,3)17-13-20(29-4)16(12-21(17)30-5)23-22-15(11-19(27-23)24(28)31-6)14-9-7-8-10-18(14)26-22/h7-10,12-13,19,23,26-27H,11H2,1-6H3. The van der Waals surface area contributed by atoms with E-state index in [1.165, 1.54) is 7.11 Å². The van der Waals surface area contributed by atoms with Crippen LogP contribution in [-0.2, 0) is 21.4 Å². The fourth-order valence-corrected chi connectivity index (χ4v) is 4.51. The average molecular weight is 423 g/mol. The molecule has 0 saturated heterocycles. The molecule has 0 saturated carbocycles. The van der Waals surface area contributed by atoms with Crippen molar-refractivity contribution < 1.29 is 19.0 Å². The average Bonchev–Trinajstić information content (AvgIpc) is 3.15. The maximum atomic E-state index is 12.5. The number of carbonyl (C=O) groups is 1. The molecule has 2 unspecified atom stereocenters. The van der Waals surface area contributed by atoms with E-state index in [-0.39, 0.29) is 17.4 Å². The first kappa shape index (κ1) is 21.2. The summed E-state index contributed by atoms with van der Waals surface area (Å²) in [7, 11) is 4.77. The molecular formula is C25H30N2O4. The van der Waals surface area contributed by atoms with Crippen LogP contribution in [0.2, 0.25) is 0 Å². The molecule has 1 aliphatic rings. The first-order chi connectivity index (χ1) is 14.8. The fourth-order valence-electron chi connectivity index (χ4n) is 4.51. The van der Waals surface area contributed by atoms with Gasteiger partial charge in [0.25, 0.3) is 0 Å². The smallest absolute Gasteiger partial charge is 0.323 e. The number of aromatic nitrogens is 1. The second-order valence-electron chi connectivity index (χ2n) is 8.99. The second kappa shape index (κ2) is 7.93. The lowest BCUT2D eigenvalue weighted by molar-refractivity contribution is -0.143. The molecule has 4 rings (SSSR count). The van der Waals surface area contributed by atoms with Gasteiger partial charge in [-0.2, -0.15) is 0 Å². The summed E-state index contributed by atoms with van der Waals surface area (Å²) < 4.78 is 16.7. The molecule has 2 aromatic carbocycles. The maximum absolute atomic E-state index is 12.5. The summed E-state index contributed by atoms with van der Waals surface area (Å²) in [6.07, 6.45) is 0.558. The summed E-state index contributed by atoms with van der Waals surface area (Å²) >= 11 is 0. The molecular weight excluding hydrogens is 392 g/mol. The van der Waals surface area contributed by atoms with Gasteiger partial charge in [-0.25, -0.2) is 0 Å². The largest absolute Gasteiger partial charge is 0.496 e. The van der Waals surface area contributed by atoms with Gasteiger partial charge in [0, 0.05) is 34.1 Å². The number of rotatable bonds is 4. The molecule has 0 aliphatic carbocycles. The number of hydrogen-bond donors (Lipinski definition) is 2. The normalized spacial score (nSPS) is 18.5. The number of fused-ring (bicyclic) bond motifs is 3. The first-order valence-electron chi connectivity index (χ1n) is 10.5. The van der Waals surface area contributed by atoms with Gasteiger partial charge in [0.05, 0.1) is 27.4 Å². The van der Waals surface area contributed by atoms with Crippen LogP contribution in [0.25, 0.3) is 10.9 Å². The molecule has 1 aliphatic heterocycles. The van der Waals surface area contributed by atoms with Gasteiger partial charge in [-0.05, 0) is 29.2 Å². The van der Waals surface area contributed by atoms with Crippen molar-refractivity contribution in [3.05, 3.63) is 58.8 Å². The van der Waals surface area contributed by atoms with Gasteiger partial charge < -0.3 is 19.2 Å². The van der Waals surface area contributed by atoms with Crippen LogP contribution in [0.3, 0.4) is 0 Å². The molecule has 0 fully saturated rings. The minimum atomic E-state index is -0.459. The Morgan fingerprint density at radius 3 is 2.39 bits per heavy atom. The Morgan fingerprint density at radius 2 is 1.74 bits per heavy atom. The van der Waals surface area contributed by atoms with Crippen LogP contribution >= 0.6 is 0 Å². The number of nitrogens with one attached hydrogen (secondary N) is 2. The monoisotopic (exact) mass is 422 g/mol. The van der Waals surface area contributed by atoms with E-state index in [1.807, 2.05) is 24.3 Å². The highest BCUT2D eigenvalue weighted by Gasteiger charge is 2.36. The number of H-pyrrole nitrogens is 1. The van der Waals surface area contributed by atoms with E-state index < -0.39 is 6.04 Å². The number of benzene rings is 2. The topological polar surface area (TPSA) is 72.6 Å². The van der Waals surface area contributed by atoms with Crippen molar-refractivity contribution >= 4 is 16.9 Å². The van der Waals surface area contributed by atoms with E-state index in [1.54, 1.807) is 14.2 Å². The lowest BCUT2D eigenvalue weighted by atomic mass is 9.83. The summed E-state index contributed by atoms with van der Waals surface area (Å²) in [5, 5.41) is 4.60. The molecule has 1 aromatic heterocycles. The van der Waals surface area contributed by atoms with Gasteiger partial charge in [-0.3, -0.25) is 10.1 Å². The number of ether oxygens (including phenoxy) is 3. The van der Waals surface area contributed by atoms with Crippen LogP contribution in [0.15, 0.2) is 36.4 Å². The summed E-state index contributed by atoms with van der Waals surface area (Å²) in [6, 6.07) is 11.5. The highest BCUT2D eigenvalue weighted by Crippen LogP contribution is 2.43. The van der Waals surface area contributed by atoms with Crippen LogP contribution in [0.4, 0.5) is 0 Å². The van der Waals surface area contributed by atoms with Crippen molar-refractivity contribution in [3.63, 3.8) is 0 Å². The lowest BCUT2D eigenvalue weighted by Gasteiger charge is -2.32. The highest BCUT2D eigenvalue weighted by atomic mass is 16.5. The molecule has 6 heteroatoms. The first-order valence-corrected chi connectivity index (χ1v) is 10.5. The molecule has 2 heterocycles. The third kappa shape index (κ3) is 3.65. The maximum Gasteiger partial charge on any atom is 0.323 e. The molecule has 164 valence electrons. The number of hydrogen-bond acceptors (Lipinski definition) is 5. The molecule has 0 amide bonds. The Kier molecular flexibility index (Phi) is 5.43. The Labute approximate surface area is 182 Å². The van der Waals surface area contributed by atoms with E-state index >= 15 is 0 Å². The van der Waals surface area contributed by atoms with Crippen molar-refractivity contribution in [3.8, 4) is 11.5 Å². The molecule has 0 spiro atoms. The highest BCUT2D eigenvalue weighted by molar-refractivity contribution is 5.87. The number of aromatic amines is 1. The number of para-hydroxylation sites is 1. The molecule has 0 radical (unpaired) electrons. The summed E-state index contributed by atoms with van der Waals surface area (Å²) in [6.45, 7) is 6.43. The lowest BCUT2D eigenvalue weighted by Crippen LogP contribution is -2.45. The Morgan fingerprint density at radius 1 is 1.03 bits per heavy atom. The quantitative estimate of drug-likeness (QED) is 0.615. The molecule has 2 atom stereocenters. The van der Waals surface area contributed by atoms with Crippen LogP contribution in [0.5, 0.6) is 11.5 Å². The van der Waals surface area contributed by atoms with E-state index in [2.05, 4.69) is 43.2 Å². The van der Waals surface area contributed by atoms with Crippen LogP contribution in [-0.4, -0.2) is 38.3 Å². The second-order valence-corrected chi connectivity index (χ2v) is 8.99. The Balaban J connectivity index is 1.93. The van der Waals surface area contributed by atoms with E-state index in [9.17, 15) is 4.79 Å². The van der Waals surface area contributed by atoms with Crippen molar-refractivity contribution in [2.45, 2.75) is 44.7 Å².